The van der Waals surface area contributed by atoms with Crippen molar-refractivity contribution in [2.24, 2.45) is 11.7 Å². The topological polar surface area (TPSA) is 67.6 Å². The molecule has 1 atom stereocenters. The molecule has 3 rings (SSSR count). The molecule has 4 nitrogen and oxygen atoms in total. The second-order valence-corrected chi connectivity index (χ2v) is 5.37. The number of hydrogen-bond donors (Lipinski definition) is 2. The van der Waals surface area contributed by atoms with Gasteiger partial charge in [-0.1, -0.05) is 19.3 Å². The lowest BCUT2D eigenvalue weighted by atomic mass is 9.84. The van der Waals surface area contributed by atoms with Crippen molar-refractivity contribution >= 4 is 11.2 Å². The maximum Gasteiger partial charge on any atom is 0.177 e. The average molecular weight is 244 g/mol. The van der Waals surface area contributed by atoms with Crippen LogP contribution in [0, 0.1) is 12.8 Å². The number of imidazole rings is 1. The van der Waals surface area contributed by atoms with Gasteiger partial charge in [-0.15, -0.1) is 0 Å². The number of aromatic nitrogens is 3. The molecule has 0 spiro atoms. The first-order chi connectivity index (χ1) is 8.74. The van der Waals surface area contributed by atoms with Crippen molar-refractivity contribution in [3.63, 3.8) is 0 Å². The molecule has 1 unspecified atom stereocenters. The van der Waals surface area contributed by atoms with Gasteiger partial charge < -0.3 is 10.7 Å². The minimum atomic E-state index is 0.0276. The van der Waals surface area contributed by atoms with Crippen LogP contribution in [0.1, 0.15) is 49.7 Å². The predicted molar refractivity (Wildman–Crippen MR) is 72.1 cm³/mol. The minimum Gasteiger partial charge on any atom is -0.339 e. The summed E-state index contributed by atoms with van der Waals surface area (Å²) in [6.07, 6.45) is 6.41. The number of rotatable bonds is 2. The maximum absolute atomic E-state index is 6.35. The molecular formula is C14H20N4. The van der Waals surface area contributed by atoms with Crippen LogP contribution in [0.15, 0.2) is 12.1 Å². The Balaban J connectivity index is 1.88. The quantitative estimate of drug-likeness (QED) is 0.853. The first kappa shape index (κ1) is 11.7. The molecule has 96 valence electrons. The Morgan fingerprint density at radius 3 is 2.78 bits per heavy atom. The Bertz CT molecular complexity index is 540. The van der Waals surface area contributed by atoms with Crippen molar-refractivity contribution < 1.29 is 0 Å². The summed E-state index contributed by atoms with van der Waals surface area (Å²) in [5.74, 6) is 1.47. The first-order valence-electron chi connectivity index (χ1n) is 6.83. The summed E-state index contributed by atoms with van der Waals surface area (Å²) < 4.78 is 0. The van der Waals surface area contributed by atoms with Crippen LogP contribution in [0.5, 0.6) is 0 Å². The van der Waals surface area contributed by atoms with Gasteiger partial charge in [0.25, 0.3) is 0 Å². The molecule has 4 heteroatoms. The van der Waals surface area contributed by atoms with Crippen LogP contribution >= 0.6 is 0 Å². The largest absolute Gasteiger partial charge is 0.339 e. The van der Waals surface area contributed by atoms with E-state index < -0.39 is 0 Å². The van der Waals surface area contributed by atoms with E-state index in [0.717, 1.165) is 22.7 Å². The van der Waals surface area contributed by atoms with E-state index in [1.165, 1.54) is 32.1 Å². The standard InChI is InChI=1S/C14H20N4/c1-9-7-8-11-13(16-9)18-14(17-11)12(15)10-5-3-2-4-6-10/h7-8,10,12H,2-6,15H2,1H3,(H,16,17,18). The van der Waals surface area contributed by atoms with Crippen molar-refractivity contribution in [1.29, 1.82) is 0 Å². The summed E-state index contributed by atoms with van der Waals surface area (Å²) in [4.78, 5) is 12.3. The van der Waals surface area contributed by atoms with Gasteiger partial charge in [-0.2, -0.15) is 0 Å². The summed E-state index contributed by atoms with van der Waals surface area (Å²) in [5.41, 5.74) is 9.12. The van der Waals surface area contributed by atoms with Crippen LogP contribution in [-0.4, -0.2) is 15.0 Å². The molecular weight excluding hydrogens is 224 g/mol. The van der Waals surface area contributed by atoms with Gasteiger partial charge >= 0.3 is 0 Å². The van der Waals surface area contributed by atoms with E-state index in [1.54, 1.807) is 0 Å². The summed E-state index contributed by atoms with van der Waals surface area (Å²) in [7, 11) is 0. The second-order valence-electron chi connectivity index (χ2n) is 5.37. The number of fused-ring (bicyclic) bond motifs is 1. The first-order valence-corrected chi connectivity index (χ1v) is 6.83. The van der Waals surface area contributed by atoms with Crippen LogP contribution in [0.4, 0.5) is 0 Å². The number of aromatic amines is 1. The van der Waals surface area contributed by atoms with Crippen molar-refractivity contribution in [2.45, 2.75) is 45.1 Å². The molecule has 0 saturated heterocycles. The summed E-state index contributed by atoms with van der Waals surface area (Å²) in [6, 6.07) is 4.05. The van der Waals surface area contributed by atoms with E-state index in [2.05, 4.69) is 15.0 Å². The van der Waals surface area contributed by atoms with Crippen LogP contribution < -0.4 is 5.73 Å². The summed E-state index contributed by atoms with van der Waals surface area (Å²) >= 11 is 0. The van der Waals surface area contributed by atoms with Crippen molar-refractivity contribution in [3.05, 3.63) is 23.7 Å². The highest BCUT2D eigenvalue weighted by atomic mass is 15.0. The maximum atomic E-state index is 6.35. The molecule has 18 heavy (non-hydrogen) atoms. The Morgan fingerprint density at radius 1 is 1.22 bits per heavy atom. The van der Waals surface area contributed by atoms with Gasteiger partial charge in [0, 0.05) is 5.69 Å². The van der Waals surface area contributed by atoms with Crippen molar-refractivity contribution in [1.82, 2.24) is 15.0 Å². The number of pyridine rings is 1. The van der Waals surface area contributed by atoms with Crippen LogP contribution in [-0.2, 0) is 0 Å². The fourth-order valence-electron chi connectivity index (χ4n) is 2.88. The zero-order valence-electron chi connectivity index (χ0n) is 10.8. The predicted octanol–water partition coefficient (Wildman–Crippen LogP) is 2.85. The third-order valence-corrected chi connectivity index (χ3v) is 3.98. The molecule has 2 aromatic heterocycles. The third kappa shape index (κ3) is 2.12. The van der Waals surface area contributed by atoms with Gasteiger partial charge in [-0.25, -0.2) is 9.97 Å². The summed E-state index contributed by atoms with van der Waals surface area (Å²) in [6.45, 7) is 1.98. The molecule has 1 fully saturated rings. The molecule has 0 amide bonds. The zero-order valence-corrected chi connectivity index (χ0v) is 10.8. The van der Waals surface area contributed by atoms with Gasteiger partial charge in [0.15, 0.2) is 5.65 Å². The minimum absolute atomic E-state index is 0.0276. The second kappa shape index (κ2) is 4.69. The zero-order chi connectivity index (χ0) is 12.5. The Morgan fingerprint density at radius 2 is 2.00 bits per heavy atom. The molecule has 1 saturated carbocycles. The van der Waals surface area contributed by atoms with E-state index in [1.807, 2.05) is 19.1 Å². The van der Waals surface area contributed by atoms with Gasteiger partial charge in [-0.05, 0) is 37.8 Å². The highest BCUT2D eigenvalue weighted by molar-refractivity contribution is 5.70. The fraction of sp³-hybridized carbons (Fsp3) is 0.571. The Hall–Kier alpha value is -1.42. The lowest BCUT2D eigenvalue weighted by Gasteiger charge is -2.25. The number of H-pyrrole nitrogens is 1. The molecule has 0 aliphatic heterocycles. The highest BCUT2D eigenvalue weighted by Crippen LogP contribution is 2.32. The van der Waals surface area contributed by atoms with E-state index in [0.29, 0.717) is 5.92 Å². The number of nitrogens with two attached hydrogens (primary N) is 1. The number of nitrogens with zero attached hydrogens (tertiary/aromatic N) is 2. The van der Waals surface area contributed by atoms with Gasteiger partial charge in [0.1, 0.15) is 5.82 Å². The van der Waals surface area contributed by atoms with E-state index in [-0.39, 0.29) is 6.04 Å². The molecule has 1 aliphatic carbocycles. The molecule has 2 heterocycles. The average Bonchev–Trinajstić information content (AvgIpc) is 2.81. The normalized spacial score (nSPS) is 19.2. The van der Waals surface area contributed by atoms with Gasteiger partial charge in [0.2, 0.25) is 0 Å². The smallest absolute Gasteiger partial charge is 0.177 e. The highest BCUT2D eigenvalue weighted by Gasteiger charge is 2.24. The van der Waals surface area contributed by atoms with Crippen LogP contribution in [0.2, 0.25) is 0 Å². The van der Waals surface area contributed by atoms with Crippen LogP contribution in [0.25, 0.3) is 11.2 Å². The van der Waals surface area contributed by atoms with Crippen molar-refractivity contribution in [2.75, 3.05) is 0 Å². The van der Waals surface area contributed by atoms with E-state index >= 15 is 0 Å². The molecule has 1 aliphatic rings. The lowest BCUT2D eigenvalue weighted by Crippen LogP contribution is -2.24. The van der Waals surface area contributed by atoms with Crippen LogP contribution in [0.3, 0.4) is 0 Å². The van der Waals surface area contributed by atoms with E-state index in [9.17, 15) is 0 Å². The monoisotopic (exact) mass is 244 g/mol. The summed E-state index contributed by atoms with van der Waals surface area (Å²) in [5, 5.41) is 0. The lowest BCUT2D eigenvalue weighted by molar-refractivity contribution is 0.302. The number of aryl methyl sites for hydroxylation is 1. The van der Waals surface area contributed by atoms with Gasteiger partial charge in [-0.3, -0.25) is 0 Å². The van der Waals surface area contributed by atoms with E-state index in [4.69, 9.17) is 5.73 Å². The molecule has 3 N–H and O–H groups in total. The molecule has 0 aromatic carbocycles. The fourth-order valence-corrected chi connectivity index (χ4v) is 2.88. The van der Waals surface area contributed by atoms with Crippen molar-refractivity contribution in [3.8, 4) is 0 Å². The third-order valence-electron chi connectivity index (χ3n) is 3.98. The number of nitrogens with one attached hydrogen (secondary N) is 1. The Kier molecular flexibility index (Phi) is 3.04. The molecule has 2 aromatic rings. The SMILES string of the molecule is Cc1ccc2[nH]c(C(N)C3CCCCC3)nc2n1. The van der Waals surface area contributed by atoms with Gasteiger partial charge in [0.05, 0.1) is 11.6 Å². The number of hydrogen-bond acceptors (Lipinski definition) is 3. The molecule has 0 radical (unpaired) electrons. The molecule has 0 bridgehead atoms. The Labute approximate surface area is 107 Å².